The standard InChI is InChI=1S/C19H25N3O6/c1-13(23)16(22-19(27)28-12-14-8-4-2-5-9-14)17(24)21-15(18(25)26)10-6-3-7-11-20/h2,4-5,8-9,13,15-16,23H,3,6-7,10,12H2,1H3,(H,21,24)(H,22,27)(H,25,26)/t13-,15-,16+/m1/s1. The molecule has 28 heavy (non-hydrogen) atoms. The molecule has 2 amide bonds. The first-order valence-electron chi connectivity index (χ1n) is 8.90. The molecule has 0 radical (unpaired) electrons. The molecule has 1 aromatic rings. The number of hydrogen-bond acceptors (Lipinski definition) is 6. The Morgan fingerprint density at radius 1 is 1.18 bits per heavy atom. The van der Waals surface area contributed by atoms with Crippen LogP contribution in [0, 0.1) is 11.3 Å². The number of amides is 2. The summed E-state index contributed by atoms with van der Waals surface area (Å²) in [5, 5.41) is 32.1. The second kappa shape index (κ2) is 12.3. The van der Waals surface area contributed by atoms with Crippen LogP contribution in [0.15, 0.2) is 30.3 Å². The number of aliphatic carboxylic acids is 1. The minimum atomic E-state index is -1.37. The van der Waals surface area contributed by atoms with Crippen molar-refractivity contribution in [1.29, 1.82) is 5.26 Å². The normalized spacial score (nSPS) is 13.5. The molecule has 0 fully saturated rings. The van der Waals surface area contributed by atoms with Crippen LogP contribution < -0.4 is 10.6 Å². The van der Waals surface area contributed by atoms with Crippen LogP contribution in [0.3, 0.4) is 0 Å². The minimum absolute atomic E-state index is 0.0164. The highest BCUT2D eigenvalue weighted by Gasteiger charge is 2.29. The Hall–Kier alpha value is -3.12. The van der Waals surface area contributed by atoms with E-state index in [2.05, 4.69) is 10.6 Å². The number of carbonyl (C=O) groups excluding carboxylic acids is 2. The fourth-order valence-corrected chi connectivity index (χ4v) is 2.37. The molecular weight excluding hydrogens is 366 g/mol. The summed E-state index contributed by atoms with van der Waals surface area (Å²) in [6, 6.07) is 8.31. The van der Waals surface area contributed by atoms with E-state index in [1.165, 1.54) is 6.92 Å². The Labute approximate surface area is 163 Å². The third-order valence-electron chi connectivity index (χ3n) is 3.90. The molecule has 0 saturated carbocycles. The summed E-state index contributed by atoms with van der Waals surface area (Å²) < 4.78 is 5.02. The zero-order valence-electron chi connectivity index (χ0n) is 15.6. The SMILES string of the molecule is C[C@@H](O)[C@H](NC(=O)OCc1ccccc1)C(=O)N[C@H](CCCCC#N)C(=O)O. The number of nitrogens with zero attached hydrogens (tertiary/aromatic N) is 1. The van der Waals surface area contributed by atoms with Crippen LogP contribution in [-0.4, -0.2) is 46.4 Å². The smallest absolute Gasteiger partial charge is 0.408 e. The highest BCUT2D eigenvalue weighted by Crippen LogP contribution is 2.06. The maximum atomic E-state index is 12.3. The molecule has 0 heterocycles. The summed E-state index contributed by atoms with van der Waals surface area (Å²) in [6.07, 6.45) is -0.793. The van der Waals surface area contributed by atoms with E-state index < -0.39 is 36.2 Å². The maximum absolute atomic E-state index is 12.3. The van der Waals surface area contributed by atoms with Gasteiger partial charge in [0, 0.05) is 6.42 Å². The number of benzene rings is 1. The van der Waals surface area contributed by atoms with Crippen LogP contribution in [0.4, 0.5) is 4.79 Å². The lowest BCUT2D eigenvalue weighted by Crippen LogP contribution is -2.55. The van der Waals surface area contributed by atoms with E-state index >= 15 is 0 Å². The zero-order valence-corrected chi connectivity index (χ0v) is 15.6. The molecule has 0 aliphatic carbocycles. The summed E-state index contributed by atoms with van der Waals surface area (Å²) in [5.41, 5.74) is 0.749. The van der Waals surface area contributed by atoms with Crippen molar-refractivity contribution < 1.29 is 29.3 Å². The number of carbonyl (C=O) groups is 3. The number of carboxylic acid groups (broad SMARTS) is 1. The Morgan fingerprint density at radius 2 is 1.86 bits per heavy atom. The van der Waals surface area contributed by atoms with E-state index in [4.69, 9.17) is 10.00 Å². The second-order valence-corrected chi connectivity index (χ2v) is 6.23. The highest BCUT2D eigenvalue weighted by molar-refractivity contribution is 5.89. The van der Waals surface area contributed by atoms with Crippen molar-refractivity contribution in [3.63, 3.8) is 0 Å². The van der Waals surface area contributed by atoms with Gasteiger partial charge in [0.2, 0.25) is 5.91 Å². The topological polar surface area (TPSA) is 149 Å². The fraction of sp³-hybridized carbons (Fsp3) is 0.474. The van der Waals surface area contributed by atoms with Crippen molar-refractivity contribution in [1.82, 2.24) is 10.6 Å². The molecule has 0 bridgehead atoms. The average Bonchev–Trinajstić information content (AvgIpc) is 2.67. The monoisotopic (exact) mass is 391 g/mol. The predicted octanol–water partition coefficient (Wildman–Crippen LogP) is 1.32. The summed E-state index contributed by atoms with van der Waals surface area (Å²) in [6.45, 7) is 1.28. The lowest BCUT2D eigenvalue weighted by atomic mass is 10.1. The number of unbranched alkanes of at least 4 members (excludes halogenated alkanes) is 2. The molecule has 0 aliphatic heterocycles. The number of alkyl carbamates (subject to hydrolysis) is 1. The van der Waals surface area contributed by atoms with Gasteiger partial charge >= 0.3 is 12.1 Å². The molecule has 0 saturated heterocycles. The van der Waals surface area contributed by atoms with Gasteiger partial charge in [0.05, 0.1) is 12.2 Å². The van der Waals surface area contributed by atoms with E-state index in [0.29, 0.717) is 19.3 Å². The Morgan fingerprint density at radius 3 is 2.43 bits per heavy atom. The van der Waals surface area contributed by atoms with Gasteiger partial charge in [0.1, 0.15) is 18.7 Å². The highest BCUT2D eigenvalue weighted by atomic mass is 16.5. The van der Waals surface area contributed by atoms with Gasteiger partial charge in [-0.1, -0.05) is 30.3 Å². The largest absolute Gasteiger partial charge is 0.480 e. The van der Waals surface area contributed by atoms with Crippen molar-refractivity contribution in [2.75, 3.05) is 0 Å². The molecule has 0 aromatic heterocycles. The maximum Gasteiger partial charge on any atom is 0.408 e. The van der Waals surface area contributed by atoms with Crippen LogP contribution in [-0.2, 0) is 20.9 Å². The quantitative estimate of drug-likeness (QED) is 0.416. The van der Waals surface area contributed by atoms with Crippen molar-refractivity contribution in [3.8, 4) is 6.07 Å². The number of hydrogen-bond donors (Lipinski definition) is 4. The molecule has 0 unspecified atom stereocenters. The molecule has 1 aromatic carbocycles. The number of carboxylic acids is 1. The van der Waals surface area contributed by atoms with Gasteiger partial charge in [-0.05, 0) is 31.7 Å². The molecule has 0 spiro atoms. The molecule has 0 aliphatic rings. The van der Waals surface area contributed by atoms with Crippen LogP contribution in [0.1, 0.15) is 38.2 Å². The van der Waals surface area contributed by atoms with Gasteiger partial charge in [-0.2, -0.15) is 5.26 Å². The summed E-state index contributed by atoms with van der Waals surface area (Å²) in [5.74, 6) is -2.07. The molecule has 9 heteroatoms. The van der Waals surface area contributed by atoms with Gasteiger partial charge in [-0.3, -0.25) is 4.79 Å². The van der Waals surface area contributed by atoms with Gasteiger partial charge in [0.15, 0.2) is 0 Å². The van der Waals surface area contributed by atoms with Crippen molar-refractivity contribution >= 4 is 18.0 Å². The number of rotatable bonds is 11. The number of aliphatic hydroxyl groups is 1. The summed E-state index contributed by atoms with van der Waals surface area (Å²) in [7, 11) is 0. The number of nitrogens with one attached hydrogen (secondary N) is 2. The summed E-state index contributed by atoms with van der Waals surface area (Å²) >= 11 is 0. The molecule has 4 N–H and O–H groups in total. The van der Waals surface area contributed by atoms with Crippen molar-refractivity contribution in [2.24, 2.45) is 0 Å². The van der Waals surface area contributed by atoms with E-state index in [9.17, 15) is 24.6 Å². The van der Waals surface area contributed by atoms with Gasteiger partial charge in [0.25, 0.3) is 0 Å². The fourth-order valence-electron chi connectivity index (χ4n) is 2.37. The van der Waals surface area contributed by atoms with E-state index in [1.54, 1.807) is 24.3 Å². The molecule has 9 nitrogen and oxygen atoms in total. The lowest BCUT2D eigenvalue weighted by Gasteiger charge is -2.23. The number of aliphatic hydroxyl groups excluding tert-OH is 1. The molecular formula is C19H25N3O6. The van der Waals surface area contributed by atoms with Crippen molar-refractivity contribution in [2.45, 2.75) is 57.4 Å². The third-order valence-corrected chi connectivity index (χ3v) is 3.90. The Kier molecular flexibility index (Phi) is 10.1. The van der Waals surface area contributed by atoms with E-state index in [1.807, 2.05) is 12.1 Å². The molecule has 3 atom stereocenters. The van der Waals surface area contributed by atoms with Crippen LogP contribution in [0.5, 0.6) is 0 Å². The first-order chi connectivity index (χ1) is 13.3. The van der Waals surface area contributed by atoms with Crippen LogP contribution in [0.25, 0.3) is 0 Å². The van der Waals surface area contributed by atoms with E-state index in [-0.39, 0.29) is 13.0 Å². The summed E-state index contributed by atoms with van der Waals surface area (Å²) in [4.78, 5) is 35.6. The predicted molar refractivity (Wildman–Crippen MR) is 98.9 cm³/mol. The van der Waals surface area contributed by atoms with Gasteiger partial charge in [-0.25, -0.2) is 9.59 Å². The Bertz CT molecular complexity index is 687. The molecule has 152 valence electrons. The van der Waals surface area contributed by atoms with Crippen LogP contribution in [0.2, 0.25) is 0 Å². The van der Waals surface area contributed by atoms with Gasteiger partial charge in [-0.15, -0.1) is 0 Å². The zero-order chi connectivity index (χ0) is 20.9. The number of nitriles is 1. The van der Waals surface area contributed by atoms with Crippen LogP contribution >= 0.6 is 0 Å². The lowest BCUT2D eigenvalue weighted by molar-refractivity contribution is -0.142. The molecule has 1 rings (SSSR count). The second-order valence-electron chi connectivity index (χ2n) is 6.23. The Balaban J connectivity index is 2.59. The first-order valence-corrected chi connectivity index (χ1v) is 8.90. The van der Waals surface area contributed by atoms with E-state index in [0.717, 1.165) is 5.56 Å². The van der Waals surface area contributed by atoms with Gasteiger partial charge < -0.3 is 25.6 Å². The average molecular weight is 391 g/mol. The first kappa shape index (κ1) is 22.9. The minimum Gasteiger partial charge on any atom is -0.480 e. The van der Waals surface area contributed by atoms with Crippen molar-refractivity contribution in [3.05, 3.63) is 35.9 Å². The number of ether oxygens (including phenoxy) is 1. The third kappa shape index (κ3) is 8.51.